The van der Waals surface area contributed by atoms with E-state index in [1.165, 1.54) is 0 Å². The number of carbonyl (C=O) groups excluding carboxylic acids is 1. The third-order valence-electron chi connectivity index (χ3n) is 1.89. The van der Waals surface area contributed by atoms with E-state index in [1.807, 2.05) is 12.3 Å². The van der Waals surface area contributed by atoms with Gasteiger partial charge in [0.2, 0.25) is 5.91 Å². The van der Waals surface area contributed by atoms with Crippen LogP contribution in [-0.4, -0.2) is 28.6 Å². The van der Waals surface area contributed by atoms with Crippen LogP contribution in [0.5, 0.6) is 0 Å². The number of amides is 1. The predicted octanol–water partition coefficient (Wildman–Crippen LogP) is 0.881. The van der Waals surface area contributed by atoms with Crippen LogP contribution >= 0.6 is 11.3 Å². The van der Waals surface area contributed by atoms with Crippen LogP contribution in [0.1, 0.15) is 24.0 Å². The number of rotatable bonds is 5. The van der Waals surface area contributed by atoms with Crippen LogP contribution in [-0.2, 0) is 11.2 Å². The molecule has 1 atom stereocenters. The number of aliphatic hydroxyl groups excluding tert-OH is 1. The summed E-state index contributed by atoms with van der Waals surface area (Å²) in [6, 6.07) is 0. The van der Waals surface area contributed by atoms with E-state index in [0.717, 1.165) is 10.7 Å². The maximum absolute atomic E-state index is 11.4. The second-order valence-corrected chi connectivity index (χ2v) is 4.58. The molecular weight excluding hydrogens is 212 g/mol. The molecule has 0 spiro atoms. The molecule has 1 aromatic rings. The van der Waals surface area contributed by atoms with Crippen molar-refractivity contribution in [3.05, 3.63) is 16.1 Å². The molecule has 5 heteroatoms. The second kappa shape index (κ2) is 5.82. The van der Waals surface area contributed by atoms with Crippen molar-refractivity contribution in [2.75, 3.05) is 6.54 Å². The molecule has 1 aromatic heterocycles. The predicted molar refractivity (Wildman–Crippen MR) is 59.9 cm³/mol. The minimum Gasteiger partial charge on any atom is -0.393 e. The molecule has 84 valence electrons. The Labute approximate surface area is 93.4 Å². The van der Waals surface area contributed by atoms with Gasteiger partial charge in [0.25, 0.3) is 0 Å². The van der Waals surface area contributed by atoms with Crippen molar-refractivity contribution in [1.82, 2.24) is 10.3 Å². The first kappa shape index (κ1) is 12.1. The van der Waals surface area contributed by atoms with Gasteiger partial charge in [-0.05, 0) is 20.3 Å². The summed E-state index contributed by atoms with van der Waals surface area (Å²) in [5, 5.41) is 14.6. The van der Waals surface area contributed by atoms with Gasteiger partial charge in [-0.1, -0.05) is 0 Å². The second-order valence-electron chi connectivity index (χ2n) is 3.52. The lowest BCUT2D eigenvalue weighted by Gasteiger charge is -2.05. The Morgan fingerprint density at radius 3 is 3.00 bits per heavy atom. The van der Waals surface area contributed by atoms with Crippen molar-refractivity contribution >= 4 is 17.2 Å². The van der Waals surface area contributed by atoms with Gasteiger partial charge in [0, 0.05) is 11.9 Å². The normalized spacial score (nSPS) is 12.5. The number of hydrogen-bond donors (Lipinski definition) is 2. The molecule has 1 rings (SSSR count). The van der Waals surface area contributed by atoms with E-state index in [-0.39, 0.29) is 12.0 Å². The van der Waals surface area contributed by atoms with Gasteiger partial charge in [-0.3, -0.25) is 4.79 Å². The van der Waals surface area contributed by atoms with Crippen LogP contribution in [0.3, 0.4) is 0 Å². The van der Waals surface area contributed by atoms with Crippen molar-refractivity contribution in [1.29, 1.82) is 0 Å². The SMILES string of the molecule is Cc1nc(CC(=O)NCCC(C)O)cs1. The van der Waals surface area contributed by atoms with Crippen LogP contribution in [0, 0.1) is 6.92 Å². The average Bonchev–Trinajstić information content (AvgIpc) is 2.50. The van der Waals surface area contributed by atoms with E-state index in [9.17, 15) is 4.79 Å². The average molecular weight is 228 g/mol. The van der Waals surface area contributed by atoms with E-state index in [2.05, 4.69) is 10.3 Å². The largest absolute Gasteiger partial charge is 0.393 e. The summed E-state index contributed by atoms with van der Waals surface area (Å²) in [7, 11) is 0. The fourth-order valence-electron chi connectivity index (χ4n) is 1.14. The molecule has 0 aliphatic heterocycles. The van der Waals surface area contributed by atoms with Gasteiger partial charge in [0.05, 0.1) is 23.2 Å². The molecule has 4 nitrogen and oxygen atoms in total. The number of nitrogens with one attached hydrogen (secondary N) is 1. The molecule has 0 fully saturated rings. The number of thiazole rings is 1. The van der Waals surface area contributed by atoms with Crippen LogP contribution < -0.4 is 5.32 Å². The van der Waals surface area contributed by atoms with Gasteiger partial charge in [-0.25, -0.2) is 4.98 Å². The highest BCUT2D eigenvalue weighted by Crippen LogP contribution is 2.08. The standard InChI is InChI=1S/C10H16N2O2S/c1-7(13)3-4-11-10(14)5-9-6-15-8(2)12-9/h6-7,13H,3-5H2,1-2H3,(H,11,14). The third kappa shape index (κ3) is 4.90. The van der Waals surface area contributed by atoms with Crippen molar-refractivity contribution in [2.45, 2.75) is 32.8 Å². The maximum atomic E-state index is 11.4. The summed E-state index contributed by atoms with van der Waals surface area (Å²) < 4.78 is 0. The zero-order valence-corrected chi connectivity index (χ0v) is 9.80. The summed E-state index contributed by atoms with van der Waals surface area (Å²) in [6.07, 6.45) is 0.540. The highest BCUT2D eigenvalue weighted by atomic mass is 32.1. The number of aliphatic hydroxyl groups is 1. The summed E-state index contributed by atoms with van der Waals surface area (Å²) in [5.74, 6) is -0.0408. The Morgan fingerprint density at radius 1 is 1.73 bits per heavy atom. The molecule has 0 aliphatic carbocycles. The Kier molecular flexibility index (Phi) is 4.71. The van der Waals surface area contributed by atoms with Gasteiger partial charge >= 0.3 is 0 Å². The fourth-order valence-corrected chi connectivity index (χ4v) is 1.75. The maximum Gasteiger partial charge on any atom is 0.226 e. The van der Waals surface area contributed by atoms with Gasteiger partial charge in [-0.2, -0.15) is 0 Å². The van der Waals surface area contributed by atoms with Crippen molar-refractivity contribution in [3.63, 3.8) is 0 Å². The number of aryl methyl sites for hydroxylation is 1. The van der Waals surface area contributed by atoms with Crippen LogP contribution in [0.25, 0.3) is 0 Å². The van der Waals surface area contributed by atoms with Crippen LogP contribution in [0.4, 0.5) is 0 Å². The Hall–Kier alpha value is -0.940. The first-order valence-electron chi connectivity index (χ1n) is 4.93. The van der Waals surface area contributed by atoms with Crippen molar-refractivity contribution in [2.24, 2.45) is 0 Å². The zero-order valence-electron chi connectivity index (χ0n) is 8.99. The van der Waals surface area contributed by atoms with Gasteiger partial charge < -0.3 is 10.4 Å². The van der Waals surface area contributed by atoms with Gasteiger partial charge in [0.15, 0.2) is 0 Å². The quantitative estimate of drug-likeness (QED) is 0.786. The Morgan fingerprint density at radius 2 is 2.47 bits per heavy atom. The molecule has 1 unspecified atom stereocenters. The first-order valence-corrected chi connectivity index (χ1v) is 5.81. The van der Waals surface area contributed by atoms with Crippen LogP contribution in [0.2, 0.25) is 0 Å². The number of nitrogens with zero attached hydrogens (tertiary/aromatic N) is 1. The van der Waals surface area contributed by atoms with Gasteiger partial charge in [-0.15, -0.1) is 11.3 Å². The zero-order chi connectivity index (χ0) is 11.3. The molecule has 1 amide bonds. The lowest BCUT2D eigenvalue weighted by atomic mass is 10.2. The van der Waals surface area contributed by atoms with Crippen molar-refractivity contribution in [3.8, 4) is 0 Å². The molecule has 0 saturated carbocycles. The molecule has 1 heterocycles. The molecule has 0 bridgehead atoms. The summed E-state index contributed by atoms with van der Waals surface area (Å²) in [5.41, 5.74) is 0.812. The molecular formula is C10H16N2O2S. The summed E-state index contributed by atoms with van der Waals surface area (Å²) >= 11 is 1.54. The Balaban J connectivity index is 2.24. The molecule has 0 radical (unpaired) electrons. The summed E-state index contributed by atoms with van der Waals surface area (Å²) in [6.45, 7) is 4.13. The molecule has 15 heavy (non-hydrogen) atoms. The van der Waals surface area contributed by atoms with E-state index < -0.39 is 0 Å². The lowest BCUT2D eigenvalue weighted by molar-refractivity contribution is -0.120. The van der Waals surface area contributed by atoms with Gasteiger partial charge in [0.1, 0.15) is 0 Å². The Bertz CT molecular complexity index is 323. The molecule has 0 saturated heterocycles. The summed E-state index contributed by atoms with van der Waals surface area (Å²) in [4.78, 5) is 15.6. The smallest absolute Gasteiger partial charge is 0.226 e. The highest BCUT2D eigenvalue weighted by Gasteiger charge is 2.06. The van der Waals surface area contributed by atoms with E-state index in [4.69, 9.17) is 5.11 Å². The van der Waals surface area contributed by atoms with E-state index >= 15 is 0 Å². The molecule has 0 aromatic carbocycles. The van der Waals surface area contributed by atoms with E-state index in [1.54, 1.807) is 18.3 Å². The van der Waals surface area contributed by atoms with E-state index in [0.29, 0.717) is 19.4 Å². The minimum atomic E-state index is -0.369. The van der Waals surface area contributed by atoms with Crippen molar-refractivity contribution < 1.29 is 9.90 Å². The number of aromatic nitrogens is 1. The third-order valence-corrected chi connectivity index (χ3v) is 2.71. The fraction of sp³-hybridized carbons (Fsp3) is 0.600. The lowest BCUT2D eigenvalue weighted by Crippen LogP contribution is -2.27. The first-order chi connectivity index (χ1) is 7.08. The number of hydrogen-bond acceptors (Lipinski definition) is 4. The topological polar surface area (TPSA) is 62.2 Å². The molecule has 0 aliphatic rings. The minimum absolute atomic E-state index is 0.0408. The number of carbonyl (C=O) groups is 1. The monoisotopic (exact) mass is 228 g/mol. The van der Waals surface area contributed by atoms with Crippen LogP contribution in [0.15, 0.2) is 5.38 Å². The highest BCUT2D eigenvalue weighted by molar-refractivity contribution is 7.09. The molecule has 2 N–H and O–H groups in total.